The van der Waals surface area contributed by atoms with Gasteiger partial charge in [-0.25, -0.2) is 8.42 Å². The number of nitrogen functional groups attached to an aromatic ring is 1. The number of benzene rings is 1. The van der Waals surface area contributed by atoms with Gasteiger partial charge in [0.1, 0.15) is 22.3 Å². The molecule has 1 aromatic heterocycles. The summed E-state index contributed by atoms with van der Waals surface area (Å²) in [6.07, 6.45) is 0. The molecule has 0 fully saturated rings. The monoisotopic (exact) mass is 289 g/mol. The molecular weight excluding hydrogens is 278 g/mol. The number of hydrogen-bond donors (Lipinski definition) is 2. The van der Waals surface area contributed by atoms with Crippen LogP contribution in [0.3, 0.4) is 0 Å². The molecule has 102 valence electrons. The Morgan fingerprint density at radius 1 is 1.25 bits per heavy atom. The standard InChI is InChI=1S/C13H11N3O3S/c1-8-2-4-10(5-3-8)20(18,19)11-6-9(7-14)13(17)16-12(11)15/h2-6H,1H3,(H3,15,16,17). The Morgan fingerprint density at radius 3 is 2.40 bits per heavy atom. The lowest BCUT2D eigenvalue weighted by molar-refractivity contribution is 0.596. The lowest BCUT2D eigenvalue weighted by Gasteiger charge is -2.07. The Labute approximate surface area is 115 Å². The largest absolute Gasteiger partial charge is 0.384 e. The summed E-state index contributed by atoms with van der Waals surface area (Å²) in [5.41, 5.74) is 5.45. The predicted molar refractivity (Wildman–Crippen MR) is 72.8 cm³/mol. The number of nitrogens with zero attached hydrogens (tertiary/aromatic N) is 1. The molecule has 6 nitrogen and oxygen atoms in total. The fourth-order valence-electron chi connectivity index (χ4n) is 1.68. The van der Waals surface area contributed by atoms with E-state index in [0.717, 1.165) is 11.6 Å². The molecule has 7 heteroatoms. The Hall–Kier alpha value is -2.59. The molecule has 0 unspecified atom stereocenters. The second-order valence-corrected chi connectivity index (χ2v) is 6.14. The van der Waals surface area contributed by atoms with E-state index in [1.54, 1.807) is 18.2 Å². The number of nitrogens with two attached hydrogens (primary N) is 1. The zero-order valence-corrected chi connectivity index (χ0v) is 11.4. The summed E-state index contributed by atoms with van der Waals surface area (Å²) in [5, 5.41) is 8.80. The van der Waals surface area contributed by atoms with E-state index in [1.807, 2.05) is 6.92 Å². The first-order valence-electron chi connectivity index (χ1n) is 5.61. The topological polar surface area (TPSA) is 117 Å². The van der Waals surface area contributed by atoms with Gasteiger partial charge in [-0.15, -0.1) is 0 Å². The van der Waals surface area contributed by atoms with Gasteiger partial charge < -0.3 is 10.7 Å². The van der Waals surface area contributed by atoms with Gasteiger partial charge in [-0.2, -0.15) is 5.26 Å². The van der Waals surface area contributed by atoms with Gasteiger partial charge in [0.25, 0.3) is 5.56 Å². The third-order valence-electron chi connectivity index (χ3n) is 2.77. The molecule has 0 spiro atoms. The van der Waals surface area contributed by atoms with Crippen molar-refractivity contribution in [3.8, 4) is 6.07 Å². The van der Waals surface area contributed by atoms with Crippen LogP contribution in [0.15, 0.2) is 44.9 Å². The highest BCUT2D eigenvalue weighted by atomic mass is 32.2. The van der Waals surface area contributed by atoms with E-state index in [2.05, 4.69) is 4.98 Å². The number of aryl methyl sites for hydroxylation is 1. The van der Waals surface area contributed by atoms with Crippen molar-refractivity contribution in [3.05, 3.63) is 51.8 Å². The summed E-state index contributed by atoms with van der Waals surface area (Å²) in [6, 6.07) is 8.82. The van der Waals surface area contributed by atoms with Crippen LogP contribution in [0.25, 0.3) is 0 Å². The van der Waals surface area contributed by atoms with Crippen LogP contribution in [0.4, 0.5) is 5.82 Å². The van der Waals surface area contributed by atoms with Crippen LogP contribution < -0.4 is 11.3 Å². The highest BCUT2D eigenvalue weighted by Crippen LogP contribution is 2.24. The molecule has 20 heavy (non-hydrogen) atoms. The van der Waals surface area contributed by atoms with Crippen LogP contribution in [0.2, 0.25) is 0 Å². The SMILES string of the molecule is Cc1ccc(S(=O)(=O)c2cc(C#N)c(=O)[nH]c2N)cc1. The molecule has 0 aliphatic carbocycles. The minimum absolute atomic E-state index is 0.0470. The van der Waals surface area contributed by atoms with Crippen LogP contribution >= 0.6 is 0 Å². The number of anilines is 1. The number of aromatic amines is 1. The number of rotatable bonds is 2. The molecule has 0 aliphatic rings. The van der Waals surface area contributed by atoms with Crippen molar-refractivity contribution in [2.24, 2.45) is 0 Å². The smallest absolute Gasteiger partial charge is 0.267 e. The maximum absolute atomic E-state index is 12.4. The number of nitriles is 1. The van der Waals surface area contributed by atoms with Crippen molar-refractivity contribution in [1.82, 2.24) is 4.98 Å². The van der Waals surface area contributed by atoms with Gasteiger partial charge in [-0.1, -0.05) is 17.7 Å². The fourth-order valence-corrected chi connectivity index (χ4v) is 3.04. The van der Waals surface area contributed by atoms with Crippen molar-refractivity contribution >= 4 is 15.7 Å². The Bertz CT molecular complexity index is 859. The highest BCUT2D eigenvalue weighted by molar-refractivity contribution is 7.91. The van der Waals surface area contributed by atoms with Gasteiger partial charge in [0, 0.05) is 0 Å². The first-order chi connectivity index (χ1) is 9.36. The van der Waals surface area contributed by atoms with Gasteiger partial charge in [0.15, 0.2) is 0 Å². The molecule has 0 amide bonds. The molecule has 0 bridgehead atoms. The van der Waals surface area contributed by atoms with Crippen LogP contribution in [0.5, 0.6) is 0 Å². The molecule has 0 aliphatic heterocycles. The first-order valence-corrected chi connectivity index (χ1v) is 7.09. The van der Waals surface area contributed by atoms with Crippen molar-refractivity contribution in [2.45, 2.75) is 16.7 Å². The van der Waals surface area contributed by atoms with Gasteiger partial charge in [0.05, 0.1) is 4.90 Å². The van der Waals surface area contributed by atoms with E-state index in [1.165, 1.54) is 12.1 Å². The molecule has 2 rings (SSSR count). The molecule has 2 aromatic rings. The minimum Gasteiger partial charge on any atom is -0.384 e. The lowest BCUT2D eigenvalue weighted by atomic mass is 10.2. The Kier molecular flexibility index (Phi) is 3.34. The quantitative estimate of drug-likeness (QED) is 0.854. The van der Waals surface area contributed by atoms with Crippen LogP contribution in [-0.4, -0.2) is 13.4 Å². The molecule has 1 aromatic carbocycles. The van der Waals surface area contributed by atoms with E-state index in [0.29, 0.717) is 0 Å². The number of sulfone groups is 1. The average molecular weight is 289 g/mol. The molecule has 0 radical (unpaired) electrons. The van der Waals surface area contributed by atoms with E-state index < -0.39 is 15.4 Å². The summed E-state index contributed by atoms with van der Waals surface area (Å²) < 4.78 is 24.9. The van der Waals surface area contributed by atoms with Crippen molar-refractivity contribution < 1.29 is 8.42 Å². The predicted octanol–water partition coefficient (Wildman–Crippen LogP) is 0.970. The van der Waals surface area contributed by atoms with E-state index in [4.69, 9.17) is 11.0 Å². The summed E-state index contributed by atoms with van der Waals surface area (Å²) in [6.45, 7) is 1.83. The summed E-state index contributed by atoms with van der Waals surface area (Å²) in [5.74, 6) is -0.283. The molecule has 1 heterocycles. The maximum atomic E-state index is 12.4. The molecule has 0 atom stereocenters. The normalized spacial score (nSPS) is 11.0. The average Bonchev–Trinajstić information content (AvgIpc) is 2.39. The fraction of sp³-hybridized carbons (Fsp3) is 0.0769. The minimum atomic E-state index is -3.88. The molecule has 0 saturated carbocycles. The Morgan fingerprint density at radius 2 is 1.85 bits per heavy atom. The lowest BCUT2D eigenvalue weighted by Crippen LogP contribution is -2.17. The number of nitrogens with one attached hydrogen (secondary N) is 1. The van der Waals surface area contributed by atoms with Crippen molar-refractivity contribution in [3.63, 3.8) is 0 Å². The van der Waals surface area contributed by atoms with Crippen LogP contribution in [0.1, 0.15) is 11.1 Å². The number of pyridine rings is 1. The van der Waals surface area contributed by atoms with Crippen molar-refractivity contribution in [2.75, 3.05) is 5.73 Å². The van der Waals surface area contributed by atoms with Gasteiger partial charge >= 0.3 is 0 Å². The molecule has 3 N–H and O–H groups in total. The third kappa shape index (κ3) is 2.29. The third-order valence-corrected chi connectivity index (χ3v) is 4.58. The number of hydrogen-bond acceptors (Lipinski definition) is 5. The van der Waals surface area contributed by atoms with E-state index >= 15 is 0 Å². The van der Waals surface area contributed by atoms with Gasteiger partial charge in [-0.05, 0) is 25.1 Å². The van der Waals surface area contributed by atoms with Crippen molar-refractivity contribution in [1.29, 1.82) is 5.26 Å². The second kappa shape index (κ2) is 4.83. The van der Waals surface area contributed by atoms with Crippen LogP contribution in [-0.2, 0) is 9.84 Å². The maximum Gasteiger partial charge on any atom is 0.267 e. The van der Waals surface area contributed by atoms with E-state index in [9.17, 15) is 13.2 Å². The first kappa shape index (κ1) is 13.8. The second-order valence-electron chi connectivity index (χ2n) is 4.22. The number of aromatic nitrogens is 1. The zero-order valence-electron chi connectivity index (χ0n) is 10.5. The summed E-state index contributed by atoms with van der Waals surface area (Å²) in [4.78, 5) is 13.3. The van der Waals surface area contributed by atoms with Gasteiger partial charge in [-0.3, -0.25) is 4.79 Å². The highest BCUT2D eigenvalue weighted by Gasteiger charge is 2.22. The summed E-state index contributed by atoms with van der Waals surface area (Å²) >= 11 is 0. The summed E-state index contributed by atoms with van der Waals surface area (Å²) in [7, 11) is -3.88. The van der Waals surface area contributed by atoms with Gasteiger partial charge in [0.2, 0.25) is 9.84 Å². The number of H-pyrrole nitrogens is 1. The van der Waals surface area contributed by atoms with E-state index in [-0.39, 0.29) is 21.2 Å². The molecular formula is C13H11N3O3S. The zero-order chi connectivity index (χ0) is 14.9. The molecule has 0 saturated heterocycles. The Balaban J connectivity index is 2.70. The van der Waals surface area contributed by atoms with Crippen LogP contribution in [0, 0.1) is 18.3 Å².